The molecule has 6 heteroatoms. The number of benzene rings is 2. The van der Waals surface area contributed by atoms with Gasteiger partial charge < -0.3 is 5.32 Å². The number of carbonyl (C=O) groups excluding carboxylic acids is 2. The Balaban J connectivity index is 1.56. The minimum Gasteiger partial charge on any atom is -0.326 e. The SMILES string of the molecule is CCCCCC(=O)Nc1ccc(C(=O)CSc2ncnc3ccccc23)cc1. The molecule has 0 atom stereocenters. The van der Waals surface area contributed by atoms with Crippen LogP contribution in [-0.4, -0.2) is 27.4 Å². The number of nitrogens with one attached hydrogen (secondary N) is 1. The molecular formula is C22H23N3O2S. The molecule has 144 valence electrons. The van der Waals surface area contributed by atoms with Gasteiger partial charge in [0.2, 0.25) is 5.91 Å². The van der Waals surface area contributed by atoms with Gasteiger partial charge in [0.15, 0.2) is 5.78 Å². The van der Waals surface area contributed by atoms with Crippen molar-refractivity contribution in [3.8, 4) is 0 Å². The van der Waals surface area contributed by atoms with E-state index in [4.69, 9.17) is 0 Å². The number of ketones is 1. The number of hydrogen-bond donors (Lipinski definition) is 1. The predicted octanol–water partition coefficient (Wildman–Crippen LogP) is 5.12. The number of para-hydroxylation sites is 1. The van der Waals surface area contributed by atoms with Crippen LogP contribution in [-0.2, 0) is 4.79 Å². The van der Waals surface area contributed by atoms with Crippen molar-refractivity contribution < 1.29 is 9.59 Å². The Kier molecular flexibility index (Phi) is 7.14. The molecule has 2 aromatic carbocycles. The number of carbonyl (C=O) groups is 2. The number of thioether (sulfide) groups is 1. The van der Waals surface area contributed by atoms with Gasteiger partial charge in [-0.1, -0.05) is 49.7 Å². The number of Topliss-reactive ketones (excluding diaryl/α,β-unsaturated/α-hetero) is 1. The van der Waals surface area contributed by atoms with Crippen LogP contribution in [0.15, 0.2) is 59.9 Å². The minimum absolute atomic E-state index is 0.0127. The minimum atomic E-state index is 0.0127. The van der Waals surface area contributed by atoms with Crippen molar-refractivity contribution in [1.29, 1.82) is 0 Å². The maximum Gasteiger partial charge on any atom is 0.224 e. The van der Waals surface area contributed by atoms with E-state index in [2.05, 4.69) is 22.2 Å². The third-order valence-electron chi connectivity index (χ3n) is 4.34. The molecule has 0 aliphatic rings. The summed E-state index contributed by atoms with van der Waals surface area (Å²) in [5, 5.41) is 4.62. The van der Waals surface area contributed by atoms with Gasteiger partial charge in [-0.3, -0.25) is 9.59 Å². The molecule has 1 aromatic heterocycles. The van der Waals surface area contributed by atoms with Crippen molar-refractivity contribution in [3.05, 3.63) is 60.4 Å². The summed E-state index contributed by atoms with van der Waals surface area (Å²) in [4.78, 5) is 32.9. The molecule has 0 unspecified atom stereocenters. The zero-order valence-electron chi connectivity index (χ0n) is 15.9. The summed E-state index contributed by atoms with van der Waals surface area (Å²) in [6, 6.07) is 14.8. The van der Waals surface area contributed by atoms with Crippen molar-refractivity contribution >= 4 is 40.0 Å². The van der Waals surface area contributed by atoms with Crippen molar-refractivity contribution in [3.63, 3.8) is 0 Å². The normalized spacial score (nSPS) is 10.8. The van der Waals surface area contributed by atoms with E-state index in [9.17, 15) is 9.59 Å². The van der Waals surface area contributed by atoms with Gasteiger partial charge in [0.05, 0.1) is 11.3 Å². The average molecular weight is 394 g/mol. The molecule has 0 fully saturated rings. The Morgan fingerprint density at radius 2 is 1.79 bits per heavy atom. The fraction of sp³-hybridized carbons (Fsp3) is 0.273. The number of anilines is 1. The summed E-state index contributed by atoms with van der Waals surface area (Å²) in [6.45, 7) is 2.11. The number of aromatic nitrogens is 2. The van der Waals surface area contributed by atoms with Crippen LogP contribution in [0.25, 0.3) is 10.9 Å². The molecule has 28 heavy (non-hydrogen) atoms. The van der Waals surface area contributed by atoms with Crippen molar-refractivity contribution in [2.24, 2.45) is 0 Å². The lowest BCUT2D eigenvalue weighted by Crippen LogP contribution is -2.11. The molecule has 0 spiro atoms. The standard InChI is InChI=1S/C22H23N3O2S/c1-2-3-4-9-21(27)25-17-12-10-16(11-13-17)20(26)14-28-22-18-7-5-6-8-19(18)23-15-24-22/h5-8,10-13,15H,2-4,9,14H2,1H3,(H,25,27). The monoisotopic (exact) mass is 393 g/mol. The first-order chi connectivity index (χ1) is 13.7. The summed E-state index contributed by atoms with van der Waals surface area (Å²) in [5.74, 6) is 0.330. The van der Waals surface area contributed by atoms with Gasteiger partial charge in [-0.15, -0.1) is 0 Å². The maximum atomic E-state index is 12.5. The molecule has 0 saturated carbocycles. The molecule has 3 aromatic rings. The number of unbranched alkanes of at least 4 members (excludes halogenated alkanes) is 2. The van der Waals surface area contributed by atoms with E-state index in [1.165, 1.54) is 18.1 Å². The van der Waals surface area contributed by atoms with Crippen LogP contribution in [0, 0.1) is 0 Å². The maximum absolute atomic E-state index is 12.5. The van der Waals surface area contributed by atoms with E-state index in [-0.39, 0.29) is 11.7 Å². The van der Waals surface area contributed by atoms with E-state index in [1.54, 1.807) is 24.3 Å². The highest BCUT2D eigenvalue weighted by atomic mass is 32.2. The topological polar surface area (TPSA) is 72.0 Å². The van der Waals surface area contributed by atoms with Gasteiger partial charge in [-0.05, 0) is 36.8 Å². The lowest BCUT2D eigenvalue weighted by molar-refractivity contribution is -0.116. The summed E-state index contributed by atoms with van der Waals surface area (Å²) in [7, 11) is 0. The molecule has 5 nitrogen and oxygen atoms in total. The first kappa shape index (κ1) is 20.0. The Morgan fingerprint density at radius 3 is 2.57 bits per heavy atom. The first-order valence-electron chi connectivity index (χ1n) is 9.43. The van der Waals surface area contributed by atoms with E-state index in [0.29, 0.717) is 23.4 Å². The Bertz CT molecular complexity index is 952. The molecule has 1 heterocycles. The van der Waals surface area contributed by atoms with Crippen molar-refractivity contribution in [1.82, 2.24) is 9.97 Å². The molecule has 0 saturated heterocycles. The van der Waals surface area contributed by atoms with Gasteiger partial charge in [-0.25, -0.2) is 9.97 Å². The second-order valence-corrected chi connectivity index (χ2v) is 7.45. The third-order valence-corrected chi connectivity index (χ3v) is 5.35. The number of rotatable bonds is 9. The summed E-state index contributed by atoms with van der Waals surface area (Å²) >= 11 is 1.41. The Morgan fingerprint density at radius 1 is 1.00 bits per heavy atom. The number of fused-ring (bicyclic) bond motifs is 1. The number of hydrogen-bond acceptors (Lipinski definition) is 5. The van der Waals surface area contributed by atoms with Gasteiger partial charge in [0.25, 0.3) is 0 Å². The van der Waals surface area contributed by atoms with Crippen LogP contribution >= 0.6 is 11.8 Å². The molecule has 0 aliphatic heterocycles. The zero-order valence-corrected chi connectivity index (χ0v) is 16.7. The van der Waals surface area contributed by atoms with E-state index >= 15 is 0 Å². The molecule has 3 rings (SSSR count). The molecule has 1 N–H and O–H groups in total. The molecule has 0 aliphatic carbocycles. The number of nitrogens with zero attached hydrogens (tertiary/aromatic N) is 2. The Hall–Kier alpha value is -2.73. The molecule has 0 radical (unpaired) electrons. The second-order valence-electron chi connectivity index (χ2n) is 6.49. The van der Waals surface area contributed by atoms with Crippen molar-refractivity contribution in [2.75, 3.05) is 11.1 Å². The average Bonchev–Trinajstić information content (AvgIpc) is 2.72. The summed E-state index contributed by atoms with van der Waals surface area (Å²) < 4.78 is 0. The Labute approximate surface area is 169 Å². The van der Waals surface area contributed by atoms with Gasteiger partial charge in [-0.2, -0.15) is 0 Å². The van der Waals surface area contributed by atoms with Crippen LogP contribution in [0.5, 0.6) is 0 Å². The van der Waals surface area contributed by atoms with Gasteiger partial charge in [0, 0.05) is 23.1 Å². The van der Waals surface area contributed by atoms with Gasteiger partial charge >= 0.3 is 0 Å². The molecule has 1 amide bonds. The fourth-order valence-corrected chi connectivity index (χ4v) is 3.70. The molecular weight excluding hydrogens is 370 g/mol. The lowest BCUT2D eigenvalue weighted by atomic mass is 10.1. The van der Waals surface area contributed by atoms with E-state index in [0.717, 1.165) is 35.2 Å². The van der Waals surface area contributed by atoms with E-state index in [1.807, 2.05) is 24.3 Å². The van der Waals surface area contributed by atoms with Gasteiger partial charge in [0.1, 0.15) is 11.4 Å². The lowest BCUT2D eigenvalue weighted by Gasteiger charge is -2.07. The van der Waals surface area contributed by atoms with Crippen LogP contribution in [0.1, 0.15) is 43.0 Å². The fourth-order valence-electron chi connectivity index (χ4n) is 2.81. The van der Waals surface area contributed by atoms with Crippen LogP contribution in [0.2, 0.25) is 0 Å². The van der Waals surface area contributed by atoms with Crippen LogP contribution in [0.4, 0.5) is 5.69 Å². The second kappa shape index (κ2) is 9.99. The van der Waals surface area contributed by atoms with Crippen LogP contribution < -0.4 is 5.32 Å². The van der Waals surface area contributed by atoms with Crippen molar-refractivity contribution in [2.45, 2.75) is 37.6 Å². The smallest absolute Gasteiger partial charge is 0.224 e. The highest BCUT2D eigenvalue weighted by Crippen LogP contribution is 2.25. The highest BCUT2D eigenvalue weighted by molar-refractivity contribution is 8.00. The van der Waals surface area contributed by atoms with Crippen LogP contribution in [0.3, 0.4) is 0 Å². The largest absolute Gasteiger partial charge is 0.326 e. The zero-order chi connectivity index (χ0) is 19.8. The first-order valence-corrected chi connectivity index (χ1v) is 10.4. The third kappa shape index (κ3) is 5.39. The quantitative estimate of drug-likeness (QED) is 0.236. The number of amides is 1. The predicted molar refractivity (Wildman–Crippen MR) is 114 cm³/mol. The summed E-state index contributed by atoms with van der Waals surface area (Å²) in [5.41, 5.74) is 2.20. The highest BCUT2D eigenvalue weighted by Gasteiger charge is 2.10. The molecule has 0 bridgehead atoms. The van der Waals surface area contributed by atoms with E-state index < -0.39 is 0 Å². The summed E-state index contributed by atoms with van der Waals surface area (Å²) in [6.07, 6.45) is 5.09.